The largest absolute Gasteiger partial charge is 0.393 e. The van der Waals surface area contributed by atoms with Crippen molar-refractivity contribution < 1.29 is 19.3 Å². The third kappa shape index (κ3) is 3.41. The molecule has 2 heterocycles. The standard InChI is InChI=1S/C13H24O4/c1-15-6-2-3-12(14)11-4-7-17-13(9-11)5-8-16-10-13/h11-12,14H,2-10H2,1H3. The van der Waals surface area contributed by atoms with Crippen LogP contribution in [0.25, 0.3) is 0 Å². The van der Waals surface area contributed by atoms with Crippen molar-refractivity contribution in [3.05, 3.63) is 0 Å². The number of aliphatic hydroxyl groups is 1. The summed E-state index contributed by atoms with van der Waals surface area (Å²) in [6.45, 7) is 2.99. The van der Waals surface area contributed by atoms with Gasteiger partial charge < -0.3 is 19.3 Å². The summed E-state index contributed by atoms with van der Waals surface area (Å²) >= 11 is 0. The Labute approximate surface area is 103 Å². The van der Waals surface area contributed by atoms with Gasteiger partial charge in [0.2, 0.25) is 0 Å². The Balaban J connectivity index is 1.79. The Hall–Kier alpha value is -0.160. The second kappa shape index (κ2) is 6.14. The van der Waals surface area contributed by atoms with E-state index in [0.717, 1.165) is 51.9 Å². The molecule has 0 aromatic rings. The molecule has 4 heteroatoms. The van der Waals surface area contributed by atoms with E-state index < -0.39 is 0 Å². The molecule has 2 fully saturated rings. The van der Waals surface area contributed by atoms with E-state index in [1.54, 1.807) is 7.11 Å². The van der Waals surface area contributed by atoms with E-state index >= 15 is 0 Å². The van der Waals surface area contributed by atoms with Crippen LogP contribution < -0.4 is 0 Å². The highest BCUT2D eigenvalue weighted by atomic mass is 16.6. The highest BCUT2D eigenvalue weighted by Gasteiger charge is 2.42. The predicted octanol–water partition coefficient (Wildman–Crippen LogP) is 1.36. The Morgan fingerprint density at radius 1 is 1.47 bits per heavy atom. The maximum atomic E-state index is 10.2. The molecule has 2 aliphatic rings. The van der Waals surface area contributed by atoms with E-state index in [-0.39, 0.29) is 11.7 Å². The lowest BCUT2D eigenvalue weighted by molar-refractivity contribution is -0.117. The lowest BCUT2D eigenvalue weighted by Crippen LogP contribution is -2.43. The summed E-state index contributed by atoms with van der Waals surface area (Å²) in [5, 5.41) is 10.2. The van der Waals surface area contributed by atoms with Crippen LogP contribution in [0.2, 0.25) is 0 Å². The van der Waals surface area contributed by atoms with Crippen LogP contribution in [-0.2, 0) is 14.2 Å². The Kier molecular flexibility index (Phi) is 4.79. The first-order valence-corrected chi connectivity index (χ1v) is 6.64. The molecule has 100 valence electrons. The summed E-state index contributed by atoms with van der Waals surface area (Å²) < 4.78 is 16.3. The highest BCUT2D eigenvalue weighted by Crippen LogP contribution is 2.37. The van der Waals surface area contributed by atoms with Crippen LogP contribution in [0, 0.1) is 5.92 Å². The molecule has 2 aliphatic heterocycles. The molecule has 3 unspecified atom stereocenters. The smallest absolute Gasteiger partial charge is 0.0940 e. The summed E-state index contributed by atoms with van der Waals surface area (Å²) in [5.41, 5.74) is -0.0921. The minimum atomic E-state index is -0.216. The SMILES string of the molecule is COCCCC(O)C1CCOC2(CCOC2)C1. The van der Waals surface area contributed by atoms with Crippen molar-refractivity contribution in [2.24, 2.45) is 5.92 Å². The molecule has 1 N–H and O–H groups in total. The lowest BCUT2D eigenvalue weighted by atomic mass is 9.81. The number of aliphatic hydroxyl groups excluding tert-OH is 1. The molecule has 3 atom stereocenters. The van der Waals surface area contributed by atoms with E-state index in [2.05, 4.69) is 0 Å². The van der Waals surface area contributed by atoms with Crippen LogP contribution in [-0.4, -0.2) is 50.3 Å². The molecule has 4 nitrogen and oxygen atoms in total. The molecule has 0 bridgehead atoms. The maximum absolute atomic E-state index is 10.2. The molecular weight excluding hydrogens is 220 g/mol. The first-order chi connectivity index (χ1) is 8.26. The van der Waals surface area contributed by atoms with Crippen LogP contribution in [0.1, 0.15) is 32.1 Å². The van der Waals surface area contributed by atoms with Gasteiger partial charge in [-0.2, -0.15) is 0 Å². The number of hydrogen-bond acceptors (Lipinski definition) is 4. The zero-order valence-corrected chi connectivity index (χ0v) is 10.7. The summed E-state index contributed by atoms with van der Waals surface area (Å²) in [6.07, 6.45) is 4.44. The maximum Gasteiger partial charge on any atom is 0.0940 e. The third-order valence-electron chi connectivity index (χ3n) is 3.99. The lowest BCUT2D eigenvalue weighted by Gasteiger charge is -2.39. The van der Waals surface area contributed by atoms with Gasteiger partial charge in [0.15, 0.2) is 0 Å². The normalized spacial score (nSPS) is 35.3. The molecule has 0 aromatic carbocycles. The zero-order valence-electron chi connectivity index (χ0n) is 10.7. The van der Waals surface area contributed by atoms with Gasteiger partial charge in [-0.25, -0.2) is 0 Å². The van der Waals surface area contributed by atoms with E-state index in [4.69, 9.17) is 14.2 Å². The minimum Gasteiger partial charge on any atom is -0.393 e. The fourth-order valence-electron chi connectivity index (χ4n) is 2.93. The predicted molar refractivity (Wildman–Crippen MR) is 64.0 cm³/mol. The summed E-state index contributed by atoms with van der Waals surface area (Å²) in [4.78, 5) is 0. The van der Waals surface area contributed by atoms with E-state index in [1.807, 2.05) is 0 Å². The monoisotopic (exact) mass is 244 g/mol. The van der Waals surface area contributed by atoms with Gasteiger partial charge in [0.05, 0.1) is 18.3 Å². The topological polar surface area (TPSA) is 47.9 Å². The Morgan fingerprint density at radius 2 is 2.35 bits per heavy atom. The molecule has 17 heavy (non-hydrogen) atoms. The van der Waals surface area contributed by atoms with Gasteiger partial charge >= 0.3 is 0 Å². The van der Waals surface area contributed by atoms with Crippen LogP contribution in [0.3, 0.4) is 0 Å². The quantitative estimate of drug-likeness (QED) is 0.742. The summed E-state index contributed by atoms with van der Waals surface area (Å²) in [7, 11) is 1.70. The van der Waals surface area contributed by atoms with Crippen molar-refractivity contribution in [2.45, 2.75) is 43.8 Å². The van der Waals surface area contributed by atoms with Gasteiger partial charge in [-0.1, -0.05) is 0 Å². The second-order valence-electron chi connectivity index (χ2n) is 5.29. The van der Waals surface area contributed by atoms with Gasteiger partial charge in [-0.15, -0.1) is 0 Å². The van der Waals surface area contributed by atoms with Crippen molar-refractivity contribution in [2.75, 3.05) is 33.5 Å². The van der Waals surface area contributed by atoms with Crippen LogP contribution >= 0.6 is 0 Å². The van der Waals surface area contributed by atoms with Gasteiger partial charge in [0.1, 0.15) is 0 Å². The molecule has 1 spiro atoms. The van der Waals surface area contributed by atoms with Crippen molar-refractivity contribution in [3.8, 4) is 0 Å². The van der Waals surface area contributed by atoms with E-state index in [1.165, 1.54) is 0 Å². The summed E-state index contributed by atoms with van der Waals surface area (Å²) in [5.74, 6) is 0.363. The third-order valence-corrected chi connectivity index (χ3v) is 3.99. The van der Waals surface area contributed by atoms with E-state index in [9.17, 15) is 5.11 Å². The fraction of sp³-hybridized carbons (Fsp3) is 1.00. The molecule has 0 radical (unpaired) electrons. The molecule has 2 saturated heterocycles. The van der Waals surface area contributed by atoms with Crippen molar-refractivity contribution in [1.82, 2.24) is 0 Å². The fourth-order valence-corrected chi connectivity index (χ4v) is 2.93. The second-order valence-corrected chi connectivity index (χ2v) is 5.29. The number of methoxy groups -OCH3 is 1. The minimum absolute atomic E-state index is 0.0921. The number of rotatable bonds is 5. The Morgan fingerprint density at radius 3 is 3.06 bits per heavy atom. The molecule has 0 amide bonds. The highest BCUT2D eigenvalue weighted by molar-refractivity contribution is 4.92. The first kappa shape index (κ1) is 13.3. The average Bonchev–Trinajstić information content (AvgIpc) is 2.77. The zero-order chi connectivity index (χ0) is 12.1. The Bertz CT molecular complexity index is 225. The van der Waals surface area contributed by atoms with Crippen molar-refractivity contribution in [1.29, 1.82) is 0 Å². The average molecular weight is 244 g/mol. The van der Waals surface area contributed by atoms with Crippen LogP contribution in [0.15, 0.2) is 0 Å². The van der Waals surface area contributed by atoms with Crippen LogP contribution in [0.5, 0.6) is 0 Å². The molecule has 2 rings (SSSR count). The van der Waals surface area contributed by atoms with Crippen molar-refractivity contribution >= 4 is 0 Å². The van der Waals surface area contributed by atoms with Crippen molar-refractivity contribution in [3.63, 3.8) is 0 Å². The molecular formula is C13H24O4. The van der Waals surface area contributed by atoms with Gasteiger partial charge in [0.25, 0.3) is 0 Å². The van der Waals surface area contributed by atoms with Gasteiger partial charge in [-0.05, 0) is 31.6 Å². The number of hydrogen-bond donors (Lipinski definition) is 1. The molecule has 0 saturated carbocycles. The van der Waals surface area contributed by atoms with E-state index in [0.29, 0.717) is 12.5 Å². The molecule has 0 aliphatic carbocycles. The van der Waals surface area contributed by atoms with Crippen LogP contribution in [0.4, 0.5) is 0 Å². The molecule has 0 aromatic heterocycles. The first-order valence-electron chi connectivity index (χ1n) is 6.64. The van der Waals surface area contributed by atoms with Gasteiger partial charge in [-0.3, -0.25) is 0 Å². The summed E-state index contributed by atoms with van der Waals surface area (Å²) in [6, 6.07) is 0. The number of ether oxygens (including phenoxy) is 3. The van der Waals surface area contributed by atoms with Gasteiger partial charge in [0, 0.05) is 33.4 Å².